The van der Waals surface area contributed by atoms with Gasteiger partial charge in [-0.3, -0.25) is 34.1 Å². The lowest BCUT2D eigenvalue weighted by Gasteiger charge is -2.30. The van der Waals surface area contributed by atoms with Gasteiger partial charge in [-0.25, -0.2) is 36.6 Å². The van der Waals surface area contributed by atoms with Gasteiger partial charge in [0.15, 0.2) is 16.0 Å². The molecule has 37 heteroatoms. The smallest absolute Gasteiger partial charge is 0.328 e. The van der Waals surface area contributed by atoms with Crippen molar-refractivity contribution in [3.8, 4) is 6.19 Å². The van der Waals surface area contributed by atoms with Crippen LogP contribution in [0.15, 0.2) is 160 Å². The van der Waals surface area contributed by atoms with Crippen molar-refractivity contribution >= 4 is 167 Å². The summed E-state index contributed by atoms with van der Waals surface area (Å²) in [6.07, 6.45) is 5.17. The molecule has 9 aromatic rings. The first-order chi connectivity index (χ1) is 58.4. The van der Waals surface area contributed by atoms with Gasteiger partial charge >= 0.3 is 17.9 Å². The first-order valence-corrected chi connectivity index (χ1v) is 42.4. The maximum atomic E-state index is 13.9. The molecule has 0 radical (unpaired) electrons. The molecule has 5 heterocycles. The van der Waals surface area contributed by atoms with E-state index in [0.717, 1.165) is 58.2 Å². The standard InChI is InChI=1S/C29H27Cl3N2O4.C29H24Cl2F2N2O6S.C28H26Cl2N6O7/c1-16(2)19-5-3-4-17(12-19)13-24(29(37)38)33-27(35)25-23(31)14-20-15-34(11-10-22(20)26(25)32)28(36)18-6-8-21(30)9-7-18;1-42(40,41)18-5-2-4-16(12-18)13-24(29(38)39)34-28(37)26-21(30)14-17-15-35(11-10-19(17)27(26)31)25(36)9-8-20-22(32)6-3-7-23(20)33;29-18-7-16-10-35(26(40)15-2-1-14-4-6-43-22(14)8-15)5-3-17(16)24(30)23(18)25(39)34-19(27(41)42)9-32-28(33-13-31)36-11-20(37)21(38)12-36/h3-9,12,14,16,24H,10-11,13,15H2,1-2H3,(H,33,35)(H,37,38);2-9,12,14,24H,10-11,13,15H2,1H3,(H,34,37)(H,38,39);1-2,4,6-8,19-21,37-38H,3,5,9-12H2,(H,32,33)(H,34,39)(H,41,42)/b;9-8+;/t2*24-;19-,20+,21+/m000/s1. The number of carbonyl (C=O) groups excluding carboxylic acids is 6. The lowest BCUT2D eigenvalue weighted by Crippen LogP contribution is -2.45. The number of likely N-dealkylation sites (tertiary alicyclic amines) is 1. The van der Waals surface area contributed by atoms with E-state index in [-0.39, 0.29) is 134 Å². The van der Waals surface area contributed by atoms with E-state index in [0.29, 0.717) is 81.4 Å². The number of aliphatic carboxylic acids is 3. The zero-order valence-corrected chi connectivity index (χ0v) is 71.5. The molecular weight excluding hydrogens is 1760 g/mol. The highest BCUT2D eigenvalue weighted by atomic mass is 35.5. The number of guanidine groups is 1. The van der Waals surface area contributed by atoms with E-state index >= 15 is 0 Å². The van der Waals surface area contributed by atoms with Crippen molar-refractivity contribution in [1.82, 2.24) is 40.9 Å². The summed E-state index contributed by atoms with van der Waals surface area (Å²) in [6.45, 7) is 5.05. The zero-order chi connectivity index (χ0) is 89.2. The van der Waals surface area contributed by atoms with E-state index in [4.69, 9.17) is 90.9 Å². The second-order valence-electron chi connectivity index (χ2n) is 29.4. The topological polar surface area (TPSA) is 399 Å². The Balaban J connectivity index is 0.000000180. The van der Waals surface area contributed by atoms with Gasteiger partial charge in [0.25, 0.3) is 29.5 Å². The van der Waals surface area contributed by atoms with Crippen LogP contribution in [0.4, 0.5) is 8.78 Å². The second kappa shape index (κ2) is 40.4. The molecule has 1 saturated heterocycles. The van der Waals surface area contributed by atoms with Crippen LogP contribution in [-0.2, 0) is 80.8 Å². The third-order valence-corrected chi connectivity index (χ3v) is 24.3. The number of nitrogens with zero attached hydrogens (tertiary/aromatic N) is 6. The molecule has 123 heavy (non-hydrogen) atoms. The number of aliphatic hydroxyl groups is 2. The number of sulfone groups is 1. The van der Waals surface area contributed by atoms with Crippen LogP contribution in [0.3, 0.4) is 0 Å². The summed E-state index contributed by atoms with van der Waals surface area (Å²) >= 11 is 45.1. The van der Waals surface area contributed by atoms with Gasteiger partial charge in [0.2, 0.25) is 11.9 Å². The summed E-state index contributed by atoms with van der Waals surface area (Å²) in [5.41, 5.74) is 7.14. The van der Waals surface area contributed by atoms with Crippen molar-refractivity contribution in [3.05, 3.63) is 276 Å². The van der Waals surface area contributed by atoms with Crippen LogP contribution in [-0.4, -0.2) is 189 Å². The molecular formula is C86H77Cl7F2N10O17S. The van der Waals surface area contributed by atoms with Gasteiger partial charge in [-0.1, -0.05) is 144 Å². The number of benzene rings is 8. The Morgan fingerprint density at radius 3 is 1.50 bits per heavy atom. The lowest BCUT2D eigenvalue weighted by atomic mass is 9.95. The molecule has 1 aromatic heterocycles. The number of carboxylic acid groups (broad SMARTS) is 3. The third-order valence-electron chi connectivity index (χ3n) is 20.8. The molecule has 4 aliphatic rings. The minimum atomic E-state index is -3.52. The number of carbonyl (C=O) groups is 9. The highest BCUT2D eigenvalue weighted by molar-refractivity contribution is 7.90. The Bertz CT molecular complexity index is 5880. The van der Waals surface area contributed by atoms with Gasteiger partial charge in [0.05, 0.1) is 76.7 Å². The van der Waals surface area contributed by atoms with Crippen molar-refractivity contribution in [2.75, 3.05) is 45.5 Å². The number of hydrogen-bond acceptors (Lipinski definition) is 16. The Labute approximate surface area is 738 Å². The van der Waals surface area contributed by atoms with Gasteiger partial charge in [-0.05, 0) is 166 Å². The Morgan fingerprint density at radius 2 is 1.02 bits per heavy atom. The predicted octanol–water partition coefficient (Wildman–Crippen LogP) is 12.7. The molecule has 1 fully saturated rings. The lowest BCUT2D eigenvalue weighted by molar-refractivity contribution is -0.140. The van der Waals surface area contributed by atoms with Gasteiger partial charge in [0.1, 0.15) is 35.3 Å². The fraction of sp³-hybridized carbons (Fsp3) is 0.267. The maximum absolute atomic E-state index is 13.9. The monoisotopic (exact) mass is 1840 g/mol. The van der Waals surface area contributed by atoms with Crippen LogP contribution in [0.1, 0.15) is 127 Å². The van der Waals surface area contributed by atoms with E-state index in [2.05, 4.69) is 40.1 Å². The molecule has 0 bridgehead atoms. The number of amides is 6. The van der Waals surface area contributed by atoms with Crippen molar-refractivity contribution in [2.24, 2.45) is 4.99 Å². The number of nitriles is 1. The van der Waals surface area contributed by atoms with Crippen LogP contribution in [0.2, 0.25) is 35.2 Å². The number of hydrogen-bond donors (Lipinski definition) is 9. The van der Waals surface area contributed by atoms with E-state index in [1.165, 1.54) is 40.1 Å². The first-order valence-electron chi connectivity index (χ1n) is 37.9. The number of rotatable bonds is 21. The number of aliphatic imine (C=N–C) groups is 1. The van der Waals surface area contributed by atoms with Crippen LogP contribution < -0.4 is 21.3 Å². The second-order valence-corrected chi connectivity index (χ2v) is 34.2. The van der Waals surface area contributed by atoms with Crippen molar-refractivity contribution < 1.29 is 90.3 Å². The maximum Gasteiger partial charge on any atom is 0.328 e. The number of halogens is 9. The van der Waals surface area contributed by atoms with Gasteiger partial charge in [-0.2, -0.15) is 5.26 Å². The highest BCUT2D eigenvalue weighted by Gasteiger charge is 2.37. The van der Waals surface area contributed by atoms with Crippen LogP contribution in [0.5, 0.6) is 0 Å². The van der Waals surface area contributed by atoms with E-state index in [1.54, 1.807) is 89.0 Å². The number of β-amino-alcohol motifs (C(OH)–C–C–N with tert-alkyl or cyclic N) is 2. The molecule has 8 aromatic carbocycles. The van der Waals surface area contributed by atoms with Crippen LogP contribution in [0, 0.1) is 23.1 Å². The highest BCUT2D eigenvalue weighted by Crippen LogP contribution is 2.39. The van der Waals surface area contributed by atoms with Crippen LogP contribution in [0.25, 0.3) is 17.0 Å². The number of carboxylic acids is 3. The van der Waals surface area contributed by atoms with E-state index in [1.807, 2.05) is 24.3 Å². The normalized spacial score (nSPS) is 15.7. The number of furan rings is 1. The molecule has 13 rings (SSSR count). The molecule has 0 aliphatic carbocycles. The van der Waals surface area contributed by atoms with E-state index in [9.17, 15) is 85.9 Å². The fourth-order valence-electron chi connectivity index (χ4n) is 14.2. The largest absolute Gasteiger partial charge is 0.480 e. The molecule has 5 atom stereocenters. The van der Waals surface area contributed by atoms with Crippen molar-refractivity contribution in [3.63, 3.8) is 0 Å². The SMILES string of the molecule is CC(C)c1cccc(C[C@H](NC(=O)c2c(Cl)cc3c(c2Cl)CCN(C(=O)c2ccc(Cl)cc2)C3)C(=O)O)c1.CS(=O)(=O)c1cccc(C[C@H](NC(=O)c2c(Cl)cc3c(c2Cl)CCN(C(=O)/C=C/c2c(F)cccc2F)C3)C(=O)O)c1.N#CNC(=NC[C@H](NC(=O)c1c(Cl)cc2c(c1Cl)CCN(C(=O)c1ccc3ccoc3c1)C2)C(=O)O)N1C[C@@H](O)[C@H](O)C1. The Morgan fingerprint density at radius 1 is 0.569 bits per heavy atom. The molecule has 6 amide bonds. The summed E-state index contributed by atoms with van der Waals surface area (Å²) in [7, 11) is -3.52. The van der Waals surface area contributed by atoms with Gasteiger partial charge in [-0.15, -0.1) is 0 Å². The van der Waals surface area contributed by atoms with Crippen molar-refractivity contribution in [2.45, 2.75) is 107 Å². The minimum Gasteiger partial charge on any atom is -0.480 e. The molecule has 0 spiro atoms. The molecule has 0 saturated carbocycles. The molecule has 9 N–H and O–H groups in total. The predicted molar refractivity (Wildman–Crippen MR) is 457 cm³/mol. The average Bonchev–Trinajstić information content (AvgIpc) is 1.65. The Hall–Kier alpha value is -11.2. The minimum absolute atomic E-state index is 0.00859. The van der Waals surface area contributed by atoms with E-state index < -0.39 is 99.9 Å². The molecule has 27 nitrogen and oxygen atoms in total. The summed E-state index contributed by atoms with van der Waals surface area (Å²) < 4.78 is 56.9. The van der Waals surface area contributed by atoms with Gasteiger partial charge < -0.3 is 65.5 Å². The summed E-state index contributed by atoms with van der Waals surface area (Å²) in [5, 5.41) is 69.3. The number of fused-ring (bicyclic) bond motifs is 4. The summed E-state index contributed by atoms with van der Waals surface area (Å²) in [6, 6.07) is 31.0. The fourth-order valence-corrected chi connectivity index (χ4v) is 17.3. The third kappa shape index (κ3) is 22.4. The van der Waals surface area contributed by atoms with Crippen LogP contribution >= 0.6 is 81.2 Å². The summed E-state index contributed by atoms with van der Waals surface area (Å²) in [4.78, 5) is 125. The molecule has 4 aliphatic heterocycles. The van der Waals surface area contributed by atoms with Gasteiger partial charge in [0, 0.05) is 105 Å². The number of aliphatic hydroxyl groups excluding tert-OH is 2. The average molecular weight is 1840 g/mol. The quantitative estimate of drug-likeness (QED) is 0.0106. The van der Waals surface area contributed by atoms with Crippen molar-refractivity contribution in [1.29, 1.82) is 5.26 Å². The molecule has 0 unspecified atom stereocenters. The zero-order valence-electron chi connectivity index (χ0n) is 65.4. The first kappa shape index (κ1) is 92.5. The Kier molecular flexibility index (Phi) is 30.4. The number of nitrogens with one attached hydrogen (secondary N) is 4. The summed E-state index contributed by atoms with van der Waals surface area (Å²) in [5.74, 6) is -8.48. The molecule has 642 valence electrons.